The van der Waals surface area contributed by atoms with Gasteiger partial charge in [0.1, 0.15) is 11.5 Å². The van der Waals surface area contributed by atoms with Crippen LogP contribution in [0.5, 0.6) is 11.5 Å². The summed E-state index contributed by atoms with van der Waals surface area (Å²) in [6.45, 7) is 8.64. The Morgan fingerprint density at radius 2 is 0.810 bits per heavy atom. The number of aromatic carboxylic acids is 1. The third-order valence-electron chi connectivity index (χ3n) is 3.43. The first-order valence-corrected chi connectivity index (χ1v) is 11.6. The van der Waals surface area contributed by atoms with Crippen molar-refractivity contribution < 1.29 is 67.5 Å². The first-order valence-electron chi connectivity index (χ1n) is 11.6. The van der Waals surface area contributed by atoms with Crippen LogP contribution in [0, 0.1) is 0 Å². The van der Waals surface area contributed by atoms with Crippen molar-refractivity contribution in [1.29, 1.82) is 0 Å². The molecule has 0 aromatic heterocycles. The lowest BCUT2D eigenvalue weighted by Crippen LogP contribution is -2.03. The maximum atomic E-state index is 10.8. The van der Waals surface area contributed by atoms with Crippen LogP contribution in [-0.2, 0) is 38.2 Å². The Morgan fingerprint density at radius 1 is 0.500 bits per heavy atom. The van der Waals surface area contributed by atoms with Gasteiger partial charge in [0.15, 0.2) is 5.78 Å². The summed E-state index contributed by atoms with van der Waals surface area (Å²) in [5.74, 6) is -3.32. The summed E-state index contributed by atoms with van der Waals surface area (Å²) in [4.78, 5) is 80.0. The maximum absolute atomic E-state index is 10.8. The molecule has 0 spiro atoms. The summed E-state index contributed by atoms with van der Waals surface area (Å²) in [5.41, 5.74) is 0.877. The molecule has 2 aromatic carbocycles. The molecule has 0 heterocycles. The second kappa shape index (κ2) is 23.5. The predicted octanol–water partition coefficient (Wildman–Crippen LogP) is 3.49. The van der Waals surface area contributed by atoms with E-state index in [-0.39, 0.29) is 11.3 Å². The van der Waals surface area contributed by atoms with Gasteiger partial charge in [-0.05, 0) is 55.5 Å². The average Bonchev–Trinajstić information content (AvgIpc) is 2.83. The van der Waals surface area contributed by atoms with Crippen molar-refractivity contribution in [3.63, 3.8) is 0 Å². The van der Waals surface area contributed by atoms with Gasteiger partial charge in [-0.15, -0.1) is 0 Å². The van der Waals surface area contributed by atoms with Gasteiger partial charge in [0.25, 0.3) is 5.97 Å². The topological polar surface area (TPSA) is 214 Å². The molecule has 14 nitrogen and oxygen atoms in total. The van der Waals surface area contributed by atoms with Crippen LogP contribution in [-0.4, -0.2) is 64.9 Å². The summed E-state index contributed by atoms with van der Waals surface area (Å²) in [6.07, 6.45) is 0. The zero-order chi connectivity index (χ0) is 33.4. The number of methoxy groups -OCH3 is 1. The van der Waals surface area contributed by atoms with Crippen molar-refractivity contribution in [3.05, 3.63) is 59.7 Å². The van der Waals surface area contributed by atoms with E-state index < -0.39 is 41.8 Å². The fourth-order valence-corrected chi connectivity index (χ4v) is 2.06. The molecule has 0 amide bonds. The molecule has 0 aliphatic carbocycles. The van der Waals surface area contributed by atoms with Crippen molar-refractivity contribution in [1.82, 2.24) is 0 Å². The third kappa shape index (κ3) is 29.2. The Labute approximate surface area is 242 Å². The number of carboxylic acid groups (broad SMARTS) is 2. The number of aliphatic carboxylic acids is 1. The second-order valence-electron chi connectivity index (χ2n) is 7.40. The number of hydrogen-bond donors (Lipinski definition) is 2. The predicted molar refractivity (Wildman–Crippen MR) is 146 cm³/mol. The van der Waals surface area contributed by atoms with Crippen LogP contribution in [0.25, 0.3) is 0 Å². The van der Waals surface area contributed by atoms with Crippen LogP contribution in [0.15, 0.2) is 48.5 Å². The van der Waals surface area contributed by atoms with Gasteiger partial charge < -0.3 is 29.2 Å². The summed E-state index contributed by atoms with van der Waals surface area (Å²) >= 11 is 0. The highest BCUT2D eigenvalue weighted by Crippen LogP contribution is 2.12. The van der Waals surface area contributed by atoms with E-state index >= 15 is 0 Å². The molecule has 0 unspecified atom stereocenters. The van der Waals surface area contributed by atoms with E-state index in [1.807, 2.05) is 0 Å². The fraction of sp³-hybridized carbons (Fsp3) is 0.286. The lowest BCUT2D eigenvalue weighted by molar-refractivity contribution is -0.158. The first-order chi connectivity index (χ1) is 19.3. The number of ether oxygens (including phenoxy) is 4. The number of hydrogen-bond acceptors (Lipinski definition) is 12. The molecule has 0 aliphatic rings. The Bertz CT molecular complexity index is 1140. The molecular formula is C28H34O14. The Morgan fingerprint density at radius 3 is 1.02 bits per heavy atom. The van der Waals surface area contributed by atoms with E-state index in [0.717, 1.165) is 12.7 Å². The largest absolute Gasteiger partial charge is 0.497 e. The summed E-state index contributed by atoms with van der Waals surface area (Å²) < 4.78 is 17.6. The van der Waals surface area contributed by atoms with Gasteiger partial charge in [-0.3, -0.25) is 33.6 Å². The molecule has 230 valence electrons. The minimum Gasteiger partial charge on any atom is -0.497 e. The number of carbonyl (C=O) groups excluding carboxylic acids is 6. The van der Waals surface area contributed by atoms with Gasteiger partial charge in [0.2, 0.25) is 0 Å². The van der Waals surface area contributed by atoms with Gasteiger partial charge in [0.05, 0.1) is 12.7 Å². The molecule has 2 N–H and O–H groups in total. The molecular weight excluding hydrogens is 560 g/mol. The smallest absolute Gasteiger partial charge is 0.335 e. The van der Waals surface area contributed by atoms with Crippen molar-refractivity contribution in [2.75, 3.05) is 7.11 Å². The normalized spacial score (nSPS) is 8.48. The zero-order valence-electron chi connectivity index (χ0n) is 24.4. The molecule has 0 bridgehead atoms. The van der Waals surface area contributed by atoms with E-state index in [4.69, 9.17) is 24.5 Å². The molecule has 42 heavy (non-hydrogen) atoms. The van der Waals surface area contributed by atoms with Crippen LogP contribution in [0.4, 0.5) is 0 Å². The third-order valence-corrected chi connectivity index (χ3v) is 3.43. The van der Waals surface area contributed by atoms with Crippen molar-refractivity contribution in [2.45, 2.75) is 48.5 Å². The highest BCUT2D eigenvalue weighted by atomic mass is 16.6. The zero-order valence-corrected chi connectivity index (χ0v) is 24.4. The average molecular weight is 595 g/mol. The molecule has 14 heteroatoms. The van der Waals surface area contributed by atoms with Gasteiger partial charge in [0, 0.05) is 47.1 Å². The Balaban J connectivity index is -0.000000478. The molecule has 2 aromatic rings. The van der Waals surface area contributed by atoms with Gasteiger partial charge >= 0.3 is 35.8 Å². The molecule has 0 saturated heterocycles. The van der Waals surface area contributed by atoms with Crippen molar-refractivity contribution in [2.24, 2.45) is 0 Å². The van der Waals surface area contributed by atoms with Crippen molar-refractivity contribution in [3.8, 4) is 11.5 Å². The monoisotopic (exact) mass is 594 g/mol. The molecule has 0 atom stereocenters. The van der Waals surface area contributed by atoms with E-state index in [1.54, 1.807) is 38.3 Å². The van der Waals surface area contributed by atoms with E-state index in [9.17, 15) is 33.6 Å². The quantitative estimate of drug-likeness (QED) is 0.224. The molecule has 0 radical (unpaired) electrons. The molecule has 2 rings (SSSR count). The minimum absolute atomic E-state index is 0.0765. The second-order valence-corrected chi connectivity index (χ2v) is 7.40. The number of benzene rings is 2. The summed E-state index contributed by atoms with van der Waals surface area (Å²) in [7, 11) is 1.60. The number of carbonyl (C=O) groups is 8. The number of ketones is 1. The number of esters is 5. The van der Waals surface area contributed by atoms with Gasteiger partial charge in [-0.25, -0.2) is 4.79 Å². The fourth-order valence-electron chi connectivity index (χ4n) is 2.06. The van der Waals surface area contributed by atoms with Crippen molar-refractivity contribution >= 4 is 47.6 Å². The lowest BCUT2D eigenvalue weighted by atomic mass is 10.1. The van der Waals surface area contributed by atoms with E-state index in [1.165, 1.54) is 58.9 Å². The molecule has 0 aliphatic heterocycles. The molecule has 0 fully saturated rings. The summed E-state index contributed by atoms with van der Waals surface area (Å²) in [5, 5.41) is 16.0. The minimum atomic E-state index is -1.01. The Kier molecular flexibility index (Phi) is 23.0. The van der Waals surface area contributed by atoms with Crippen LogP contribution in [0.2, 0.25) is 0 Å². The van der Waals surface area contributed by atoms with Crippen LogP contribution >= 0.6 is 0 Å². The molecule has 0 saturated carbocycles. The van der Waals surface area contributed by atoms with E-state index in [0.29, 0.717) is 11.3 Å². The summed E-state index contributed by atoms with van der Waals surface area (Å²) in [6, 6.07) is 12.7. The van der Waals surface area contributed by atoms with E-state index in [2.05, 4.69) is 9.47 Å². The van der Waals surface area contributed by atoms with Crippen LogP contribution in [0.1, 0.15) is 69.2 Å². The van der Waals surface area contributed by atoms with Crippen LogP contribution < -0.4 is 9.47 Å². The first kappa shape index (κ1) is 41.1. The SMILES string of the molecule is CC(=O)O.CC(=O)OC(C)=O.CC(=O)OC(C)=O.CC(=O)Oc1ccc(C(=O)O)cc1.COc1ccc(C(C)=O)cc1. The maximum Gasteiger partial charge on any atom is 0.335 e. The number of carboxylic acids is 2. The Hall–Kier alpha value is -5.40. The number of Topliss-reactive ketones (excluding diaryl/α,β-unsaturated/α-hetero) is 1. The standard InChI is InChI=1S/C9H8O4.C9H10O2.2C4H6O3.C2H4O2/c1-6(10)13-8-4-2-7(3-5-8)9(11)12;1-7(10)8-3-5-9(11-2)6-4-8;2*1-3(5)7-4(2)6;1-2(3)4/h2-5H,1H3,(H,11,12);3-6H,1-2H3;2*1-2H3;1H3,(H,3,4). The highest BCUT2D eigenvalue weighted by Gasteiger charge is 2.03. The number of rotatable bonds is 4. The van der Waals surface area contributed by atoms with Gasteiger partial charge in [-0.1, -0.05) is 0 Å². The highest BCUT2D eigenvalue weighted by molar-refractivity contribution is 5.94. The van der Waals surface area contributed by atoms with Gasteiger partial charge in [-0.2, -0.15) is 0 Å². The van der Waals surface area contributed by atoms with Crippen LogP contribution in [0.3, 0.4) is 0 Å². The lowest BCUT2D eigenvalue weighted by Gasteiger charge is -2.00.